The molecule has 7 heteroatoms. The molecule has 29 heavy (non-hydrogen) atoms. The second kappa shape index (κ2) is 13.0. The number of hydrogen-bond acceptors (Lipinski definition) is 3. The van der Waals surface area contributed by atoms with Crippen molar-refractivity contribution in [3.63, 3.8) is 0 Å². The van der Waals surface area contributed by atoms with E-state index in [4.69, 9.17) is 4.74 Å². The molecule has 0 atom stereocenters. The summed E-state index contributed by atoms with van der Waals surface area (Å²) >= 11 is 0. The van der Waals surface area contributed by atoms with Gasteiger partial charge in [-0.15, -0.1) is 24.0 Å². The number of nitrogens with zero attached hydrogens (tertiary/aromatic N) is 1. The van der Waals surface area contributed by atoms with Gasteiger partial charge in [0.25, 0.3) is 0 Å². The van der Waals surface area contributed by atoms with Gasteiger partial charge in [0.05, 0.1) is 7.11 Å². The molecular formula is C22H31IN4O2. The SMILES string of the molecule is CN=C(NCCc1ccc(OC)cc1)NCc1ccc(NC(=O)C(C)C)cc1.I. The van der Waals surface area contributed by atoms with E-state index in [1.165, 1.54) is 5.56 Å². The Labute approximate surface area is 190 Å². The summed E-state index contributed by atoms with van der Waals surface area (Å²) in [6, 6.07) is 15.9. The Balaban J connectivity index is 0.00000420. The molecule has 3 N–H and O–H groups in total. The Bertz CT molecular complexity index is 774. The van der Waals surface area contributed by atoms with Crippen molar-refractivity contribution in [3.05, 3.63) is 59.7 Å². The molecule has 0 heterocycles. The van der Waals surface area contributed by atoms with Crippen molar-refractivity contribution < 1.29 is 9.53 Å². The molecule has 0 unspecified atom stereocenters. The van der Waals surface area contributed by atoms with Gasteiger partial charge in [-0.1, -0.05) is 38.1 Å². The molecule has 0 aromatic heterocycles. The van der Waals surface area contributed by atoms with E-state index in [2.05, 4.69) is 33.1 Å². The van der Waals surface area contributed by atoms with Crippen LogP contribution in [0, 0.1) is 5.92 Å². The second-order valence-electron chi connectivity index (χ2n) is 6.79. The fraction of sp³-hybridized carbons (Fsp3) is 0.364. The first-order valence-electron chi connectivity index (χ1n) is 9.49. The zero-order valence-corrected chi connectivity index (χ0v) is 19.8. The van der Waals surface area contributed by atoms with Gasteiger partial charge in [0.1, 0.15) is 5.75 Å². The number of anilines is 1. The van der Waals surface area contributed by atoms with Crippen LogP contribution in [0.2, 0.25) is 0 Å². The lowest BCUT2D eigenvalue weighted by Gasteiger charge is -2.13. The van der Waals surface area contributed by atoms with E-state index in [0.29, 0.717) is 6.54 Å². The number of amides is 1. The number of guanidine groups is 1. The van der Waals surface area contributed by atoms with Gasteiger partial charge in [-0.3, -0.25) is 9.79 Å². The molecular weight excluding hydrogens is 479 g/mol. The fourth-order valence-electron chi connectivity index (χ4n) is 2.52. The second-order valence-corrected chi connectivity index (χ2v) is 6.79. The topological polar surface area (TPSA) is 74.8 Å². The van der Waals surface area contributed by atoms with Crippen molar-refractivity contribution in [1.82, 2.24) is 10.6 Å². The molecule has 6 nitrogen and oxygen atoms in total. The van der Waals surface area contributed by atoms with Gasteiger partial charge < -0.3 is 20.7 Å². The maximum atomic E-state index is 11.7. The molecule has 0 fully saturated rings. The number of benzene rings is 2. The number of rotatable bonds is 8. The zero-order valence-electron chi connectivity index (χ0n) is 17.5. The Morgan fingerprint density at radius 1 is 1.00 bits per heavy atom. The summed E-state index contributed by atoms with van der Waals surface area (Å²) in [5.41, 5.74) is 3.16. The fourth-order valence-corrected chi connectivity index (χ4v) is 2.52. The number of nitrogens with one attached hydrogen (secondary N) is 3. The van der Waals surface area contributed by atoms with Gasteiger partial charge in [0.2, 0.25) is 5.91 Å². The van der Waals surface area contributed by atoms with Crippen molar-refractivity contribution in [2.75, 3.05) is 26.0 Å². The van der Waals surface area contributed by atoms with E-state index in [1.807, 2.05) is 50.2 Å². The highest BCUT2D eigenvalue weighted by atomic mass is 127. The number of ether oxygens (including phenoxy) is 1. The summed E-state index contributed by atoms with van der Waals surface area (Å²) in [7, 11) is 3.43. The van der Waals surface area contributed by atoms with E-state index in [1.54, 1.807) is 14.2 Å². The highest BCUT2D eigenvalue weighted by Crippen LogP contribution is 2.12. The van der Waals surface area contributed by atoms with Crippen LogP contribution in [0.3, 0.4) is 0 Å². The molecule has 2 aromatic carbocycles. The monoisotopic (exact) mass is 510 g/mol. The van der Waals surface area contributed by atoms with Crippen molar-refractivity contribution in [2.24, 2.45) is 10.9 Å². The van der Waals surface area contributed by atoms with Crippen molar-refractivity contribution >= 4 is 41.5 Å². The van der Waals surface area contributed by atoms with Gasteiger partial charge in [-0.05, 0) is 41.8 Å². The largest absolute Gasteiger partial charge is 0.497 e. The average molecular weight is 510 g/mol. The number of hydrogen-bond donors (Lipinski definition) is 3. The van der Waals surface area contributed by atoms with E-state index >= 15 is 0 Å². The molecule has 0 saturated heterocycles. The van der Waals surface area contributed by atoms with Crippen LogP contribution in [0.5, 0.6) is 5.75 Å². The standard InChI is InChI=1S/C22H30N4O2.HI/c1-16(2)21(27)26-19-9-5-18(6-10-19)15-25-22(23-3)24-14-13-17-7-11-20(28-4)12-8-17;/h5-12,16H,13-15H2,1-4H3,(H,26,27)(H2,23,24,25);1H. The minimum Gasteiger partial charge on any atom is -0.497 e. The molecule has 2 aromatic rings. The van der Waals surface area contributed by atoms with Crippen LogP contribution in [0.1, 0.15) is 25.0 Å². The summed E-state index contributed by atoms with van der Waals surface area (Å²) in [6.07, 6.45) is 0.898. The first kappa shape index (κ1) is 24.7. The third kappa shape index (κ3) is 8.72. The van der Waals surface area contributed by atoms with Crippen molar-refractivity contribution in [1.29, 1.82) is 0 Å². The maximum Gasteiger partial charge on any atom is 0.226 e. The molecule has 0 aliphatic heterocycles. The van der Waals surface area contributed by atoms with Gasteiger partial charge in [-0.2, -0.15) is 0 Å². The van der Waals surface area contributed by atoms with E-state index in [9.17, 15) is 4.79 Å². The van der Waals surface area contributed by atoms with Gasteiger partial charge in [0, 0.05) is 31.7 Å². The van der Waals surface area contributed by atoms with E-state index in [-0.39, 0.29) is 35.8 Å². The Kier molecular flexibility index (Phi) is 11.1. The molecule has 0 aliphatic carbocycles. The predicted molar refractivity (Wildman–Crippen MR) is 130 cm³/mol. The summed E-state index contributed by atoms with van der Waals surface area (Å²) in [6.45, 7) is 5.19. The van der Waals surface area contributed by atoms with Gasteiger partial charge >= 0.3 is 0 Å². The quantitative estimate of drug-likeness (QED) is 0.287. The molecule has 2 rings (SSSR count). The molecule has 0 radical (unpaired) electrons. The van der Waals surface area contributed by atoms with Crippen LogP contribution in [-0.2, 0) is 17.8 Å². The predicted octanol–water partition coefficient (Wildman–Crippen LogP) is 3.82. The minimum atomic E-state index is -0.0337. The Morgan fingerprint density at radius 3 is 2.17 bits per heavy atom. The van der Waals surface area contributed by atoms with Crippen LogP contribution in [0.25, 0.3) is 0 Å². The minimum absolute atomic E-state index is 0. The summed E-state index contributed by atoms with van der Waals surface area (Å²) in [5.74, 6) is 1.61. The van der Waals surface area contributed by atoms with Gasteiger partial charge in [0.15, 0.2) is 5.96 Å². The highest BCUT2D eigenvalue weighted by molar-refractivity contribution is 14.0. The molecule has 1 amide bonds. The summed E-state index contributed by atoms with van der Waals surface area (Å²) in [5, 5.41) is 9.51. The third-order valence-electron chi connectivity index (χ3n) is 4.29. The molecule has 0 bridgehead atoms. The van der Waals surface area contributed by atoms with Crippen LogP contribution in [0.15, 0.2) is 53.5 Å². The first-order chi connectivity index (χ1) is 13.5. The smallest absolute Gasteiger partial charge is 0.226 e. The number of halogens is 1. The third-order valence-corrected chi connectivity index (χ3v) is 4.29. The van der Waals surface area contributed by atoms with E-state index in [0.717, 1.165) is 35.9 Å². The van der Waals surface area contributed by atoms with Crippen molar-refractivity contribution in [3.8, 4) is 5.75 Å². The summed E-state index contributed by atoms with van der Waals surface area (Å²) in [4.78, 5) is 16.0. The molecule has 0 aliphatic rings. The first-order valence-corrected chi connectivity index (χ1v) is 9.49. The van der Waals surface area contributed by atoms with Crippen LogP contribution in [0.4, 0.5) is 5.69 Å². The van der Waals surface area contributed by atoms with Crippen LogP contribution in [-0.4, -0.2) is 32.6 Å². The average Bonchev–Trinajstić information content (AvgIpc) is 2.72. The summed E-state index contributed by atoms with van der Waals surface area (Å²) < 4.78 is 5.17. The molecule has 0 spiro atoms. The number of carbonyl (C=O) groups excluding carboxylic acids is 1. The number of methoxy groups -OCH3 is 1. The van der Waals surface area contributed by atoms with Gasteiger partial charge in [-0.25, -0.2) is 0 Å². The van der Waals surface area contributed by atoms with Crippen molar-refractivity contribution in [2.45, 2.75) is 26.8 Å². The highest BCUT2D eigenvalue weighted by Gasteiger charge is 2.06. The lowest BCUT2D eigenvalue weighted by atomic mass is 10.1. The Hall–Kier alpha value is -2.29. The van der Waals surface area contributed by atoms with Crippen LogP contribution >= 0.6 is 24.0 Å². The number of carbonyl (C=O) groups is 1. The van der Waals surface area contributed by atoms with Crippen LogP contribution < -0.4 is 20.7 Å². The molecule has 0 saturated carbocycles. The maximum absolute atomic E-state index is 11.7. The normalized spacial score (nSPS) is 10.9. The lowest BCUT2D eigenvalue weighted by Crippen LogP contribution is -2.37. The Morgan fingerprint density at radius 2 is 1.62 bits per heavy atom. The zero-order chi connectivity index (χ0) is 20.4. The van der Waals surface area contributed by atoms with E-state index < -0.39 is 0 Å². The number of aliphatic imine (C=N–C) groups is 1. The lowest BCUT2D eigenvalue weighted by molar-refractivity contribution is -0.118. The molecule has 158 valence electrons.